The first-order chi connectivity index (χ1) is 4.34. The minimum Gasteiger partial charge on any atom is -0.297 e. The molecule has 0 heterocycles. The van der Waals surface area contributed by atoms with Gasteiger partial charge in [-0.2, -0.15) is 4.91 Å². The molecule has 50 valence electrons. The molecule has 0 aliphatic heterocycles. The Morgan fingerprint density at radius 2 is 2.22 bits per heavy atom. The number of ketones is 1. The molecule has 1 rings (SSSR count). The standard InChI is InChI=1S/C6H9NO2/c8-6-4-2-1-3-5(6)7-9/h5H,1-4H2/t5-/m0/s1. The van der Waals surface area contributed by atoms with E-state index in [0.717, 1.165) is 12.8 Å². The van der Waals surface area contributed by atoms with Crippen LogP contribution in [-0.2, 0) is 4.79 Å². The zero-order valence-electron chi connectivity index (χ0n) is 5.17. The van der Waals surface area contributed by atoms with Crippen LogP contribution in [0, 0.1) is 4.91 Å². The van der Waals surface area contributed by atoms with Crippen LogP contribution in [0.4, 0.5) is 0 Å². The van der Waals surface area contributed by atoms with E-state index in [-0.39, 0.29) is 5.78 Å². The maximum absolute atomic E-state index is 10.7. The van der Waals surface area contributed by atoms with Gasteiger partial charge in [-0.25, -0.2) is 0 Å². The molecule has 0 N–H and O–H groups in total. The fourth-order valence-corrected chi connectivity index (χ4v) is 1.08. The molecule has 1 aliphatic carbocycles. The van der Waals surface area contributed by atoms with Gasteiger partial charge in [-0.1, -0.05) is 11.6 Å². The Balaban J connectivity index is 2.48. The SMILES string of the molecule is O=N[C@H]1CCCCC1=O. The third kappa shape index (κ3) is 1.34. The van der Waals surface area contributed by atoms with Gasteiger partial charge in [0, 0.05) is 6.42 Å². The highest BCUT2D eigenvalue weighted by molar-refractivity contribution is 5.84. The van der Waals surface area contributed by atoms with Crippen LogP contribution in [0.15, 0.2) is 5.18 Å². The van der Waals surface area contributed by atoms with Crippen molar-refractivity contribution in [1.29, 1.82) is 0 Å². The first-order valence-corrected chi connectivity index (χ1v) is 3.20. The normalized spacial score (nSPS) is 28.0. The van der Waals surface area contributed by atoms with E-state index < -0.39 is 6.04 Å². The summed E-state index contributed by atoms with van der Waals surface area (Å²) in [6.07, 6.45) is 3.13. The topological polar surface area (TPSA) is 46.5 Å². The van der Waals surface area contributed by atoms with Crippen molar-refractivity contribution in [2.75, 3.05) is 0 Å². The average molecular weight is 127 g/mol. The number of Topliss-reactive ketones (excluding diaryl/α,β-unsaturated/α-hetero) is 1. The van der Waals surface area contributed by atoms with E-state index in [2.05, 4.69) is 5.18 Å². The summed E-state index contributed by atoms with van der Waals surface area (Å²) in [5, 5.41) is 2.73. The maximum atomic E-state index is 10.7. The molecule has 0 spiro atoms. The summed E-state index contributed by atoms with van der Waals surface area (Å²) in [5.74, 6) is 0.0243. The lowest BCUT2D eigenvalue weighted by atomic mass is 9.95. The third-order valence-corrected chi connectivity index (χ3v) is 1.65. The third-order valence-electron chi connectivity index (χ3n) is 1.65. The number of hydrogen-bond donors (Lipinski definition) is 0. The number of rotatable bonds is 1. The van der Waals surface area contributed by atoms with Gasteiger partial charge in [0.15, 0.2) is 5.78 Å². The fourth-order valence-electron chi connectivity index (χ4n) is 1.08. The van der Waals surface area contributed by atoms with Gasteiger partial charge >= 0.3 is 0 Å². The largest absolute Gasteiger partial charge is 0.297 e. The van der Waals surface area contributed by atoms with Crippen molar-refractivity contribution in [1.82, 2.24) is 0 Å². The molecule has 3 heteroatoms. The highest BCUT2D eigenvalue weighted by atomic mass is 16.3. The van der Waals surface area contributed by atoms with Crippen molar-refractivity contribution in [2.45, 2.75) is 31.7 Å². The lowest BCUT2D eigenvalue weighted by Crippen LogP contribution is -2.21. The molecule has 0 aromatic rings. The number of hydrogen-bond acceptors (Lipinski definition) is 3. The van der Waals surface area contributed by atoms with Crippen molar-refractivity contribution in [3.05, 3.63) is 4.91 Å². The molecule has 1 saturated carbocycles. The van der Waals surface area contributed by atoms with Crippen LogP contribution in [-0.4, -0.2) is 11.8 Å². The van der Waals surface area contributed by atoms with Crippen LogP contribution in [0.25, 0.3) is 0 Å². The van der Waals surface area contributed by atoms with E-state index in [0.29, 0.717) is 12.8 Å². The van der Waals surface area contributed by atoms with Crippen molar-refractivity contribution in [3.63, 3.8) is 0 Å². The Labute approximate surface area is 53.4 Å². The van der Waals surface area contributed by atoms with Gasteiger partial charge in [0.2, 0.25) is 0 Å². The molecule has 9 heavy (non-hydrogen) atoms. The summed E-state index contributed by atoms with van der Waals surface area (Å²) in [6.45, 7) is 0. The van der Waals surface area contributed by atoms with Gasteiger partial charge in [0.05, 0.1) is 0 Å². The van der Waals surface area contributed by atoms with E-state index >= 15 is 0 Å². The van der Waals surface area contributed by atoms with Crippen LogP contribution in [0.5, 0.6) is 0 Å². The fraction of sp³-hybridized carbons (Fsp3) is 0.833. The Kier molecular flexibility index (Phi) is 1.92. The van der Waals surface area contributed by atoms with Crippen LogP contribution in [0.1, 0.15) is 25.7 Å². The van der Waals surface area contributed by atoms with Crippen LogP contribution in [0.2, 0.25) is 0 Å². The highest BCUT2D eigenvalue weighted by Gasteiger charge is 2.21. The summed E-state index contributed by atoms with van der Waals surface area (Å²) >= 11 is 0. The quantitative estimate of drug-likeness (QED) is 0.498. The van der Waals surface area contributed by atoms with Gasteiger partial charge in [-0.05, 0) is 12.8 Å². The molecule has 0 aromatic carbocycles. The second kappa shape index (κ2) is 2.71. The van der Waals surface area contributed by atoms with Crippen LogP contribution < -0.4 is 0 Å². The first-order valence-electron chi connectivity index (χ1n) is 3.20. The van der Waals surface area contributed by atoms with Gasteiger partial charge in [0.25, 0.3) is 0 Å². The van der Waals surface area contributed by atoms with Gasteiger partial charge < -0.3 is 0 Å². The molecule has 1 fully saturated rings. The molecule has 0 radical (unpaired) electrons. The number of carbonyl (C=O) groups excluding carboxylic acids is 1. The monoisotopic (exact) mass is 127 g/mol. The molecule has 3 nitrogen and oxygen atoms in total. The van der Waals surface area contributed by atoms with E-state index in [1.165, 1.54) is 0 Å². The lowest BCUT2D eigenvalue weighted by Gasteiger charge is -2.12. The van der Waals surface area contributed by atoms with Crippen molar-refractivity contribution < 1.29 is 4.79 Å². The van der Waals surface area contributed by atoms with Crippen molar-refractivity contribution in [2.24, 2.45) is 5.18 Å². The van der Waals surface area contributed by atoms with Crippen molar-refractivity contribution >= 4 is 5.78 Å². The molecule has 0 unspecified atom stereocenters. The van der Waals surface area contributed by atoms with E-state index in [1.807, 2.05) is 0 Å². The Morgan fingerprint density at radius 1 is 1.44 bits per heavy atom. The number of nitroso groups, excluding NO2 is 1. The van der Waals surface area contributed by atoms with Crippen LogP contribution in [0.3, 0.4) is 0 Å². The molecular formula is C6H9NO2. The van der Waals surface area contributed by atoms with Crippen molar-refractivity contribution in [3.8, 4) is 0 Å². The molecule has 0 saturated heterocycles. The highest BCUT2D eigenvalue weighted by Crippen LogP contribution is 2.16. The Hall–Kier alpha value is -0.730. The molecular weight excluding hydrogens is 118 g/mol. The summed E-state index contributed by atoms with van der Waals surface area (Å²) in [4.78, 5) is 20.6. The first kappa shape index (κ1) is 6.39. The van der Waals surface area contributed by atoms with E-state index in [1.54, 1.807) is 0 Å². The number of carbonyl (C=O) groups is 1. The lowest BCUT2D eigenvalue weighted by molar-refractivity contribution is -0.121. The van der Waals surface area contributed by atoms with E-state index in [9.17, 15) is 9.70 Å². The summed E-state index contributed by atoms with van der Waals surface area (Å²) < 4.78 is 0. The summed E-state index contributed by atoms with van der Waals surface area (Å²) in [6, 6.07) is -0.515. The average Bonchev–Trinajstić information content (AvgIpc) is 1.89. The van der Waals surface area contributed by atoms with Gasteiger partial charge in [-0.15, -0.1) is 0 Å². The minimum atomic E-state index is -0.515. The summed E-state index contributed by atoms with van der Waals surface area (Å²) in [5.41, 5.74) is 0. The maximum Gasteiger partial charge on any atom is 0.160 e. The smallest absolute Gasteiger partial charge is 0.160 e. The van der Waals surface area contributed by atoms with Gasteiger partial charge in [-0.3, -0.25) is 4.79 Å². The van der Waals surface area contributed by atoms with E-state index in [4.69, 9.17) is 0 Å². The second-order valence-electron chi connectivity index (χ2n) is 2.33. The van der Waals surface area contributed by atoms with Crippen LogP contribution >= 0.6 is 0 Å². The second-order valence-corrected chi connectivity index (χ2v) is 2.33. The molecule has 0 aromatic heterocycles. The molecule has 1 atom stereocenters. The molecule has 0 amide bonds. The predicted molar refractivity (Wildman–Crippen MR) is 33.1 cm³/mol. The van der Waals surface area contributed by atoms with Gasteiger partial charge in [0.1, 0.15) is 6.04 Å². The predicted octanol–water partition coefficient (Wildman–Crippen LogP) is 1.26. The minimum absolute atomic E-state index is 0.0243. The zero-order chi connectivity index (χ0) is 6.69. The summed E-state index contributed by atoms with van der Waals surface area (Å²) in [7, 11) is 0. The number of nitrogens with zero attached hydrogens (tertiary/aromatic N) is 1. The Morgan fingerprint density at radius 3 is 2.67 bits per heavy atom. The zero-order valence-corrected chi connectivity index (χ0v) is 5.17. The molecule has 1 aliphatic rings. The molecule has 0 bridgehead atoms. The Bertz CT molecular complexity index is 133.